The van der Waals surface area contributed by atoms with E-state index in [1.807, 2.05) is 42.5 Å². The van der Waals surface area contributed by atoms with Crippen LogP contribution in [0.4, 0.5) is 5.69 Å². The summed E-state index contributed by atoms with van der Waals surface area (Å²) >= 11 is 6.87. The smallest absolute Gasteiger partial charge is 0.191 e. The maximum absolute atomic E-state index is 5.15. The van der Waals surface area contributed by atoms with Crippen LogP contribution in [0.25, 0.3) is 0 Å². The maximum atomic E-state index is 5.15. The van der Waals surface area contributed by atoms with E-state index in [9.17, 15) is 0 Å². The first-order chi connectivity index (χ1) is 9.78. The van der Waals surface area contributed by atoms with Crippen LogP contribution in [0.3, 0.4) is 0 Å². The summed E-state index contributed by atoms with van der Waals surface area (Å²) in [7, 11) is 0. The number of rotatable bonds is 4. The fourth-order valence-electron chi connectivity index (χ4n) is 1.54. The fourth-order valence-corrected chi connectivity index (χ4v) is 2.11. The van der Waals surface area contributed by atoms with Crippen LogP contribution in [0.15, 0.2) is 64.6 Å². The van der Waals surface area contributed by atoms with Crippen LogP contribution in [-0.4, -0.2) is 17.6 Å². The van der Waals surface area contributed by atoms with Gasteiger partial charge in [0, 0.05) is 10.6 Å². The van der Waals surface area contributed by atoms with Crippen LogP contribution in [0, 0.1) is 0 Å². The number of hydrogen-bond donors (Lipinski definition) is 2. The molecular weight excluding hydrogens is 286 g/mol. The van der Waals surface area contributed by atoms with Crippen molar-refractivity contribution >= 4 is 41.0 Å². The van der Waals surface area contributed by atoms with Crippen LogP contribution in [0.1, 0.15) is 5.56 Å². The van der Waals surface area contributed by atoms with E-state index in [0.717, 1.165) is 11.3 Å². The Morgan fingerprint density at radius 2 is 1.80 bits per heavy atom. The number of nitrogens with zero attached hydrogens (tertiary/aromatic N) is 1. The predicted molar refractivity (Wildman–Crippen MR) is 91.6 cm³/mol. The molecule has 0 heterocycles. The molecule has 2 N–H and O–H groups in total. The molecule has 0 spiro atoms. The largest absolute Gasteiger partial charge is 0.331 e. The molecule has 0 atom stereocenters. The van der Waals surface area contributed by atoms with Crippen molar-refractivity contribution in [2.75, 3.05) is 11.6 Å². The molecule has 0 radical (unpaired) electrons. The zero-order chi connectivity index (χ0) is 14.2. The van der Waals surface area contributed by atoms with Gasteiger partial charge in [-0.1, -0.05) is 30.3 Å². The van der Waals surface area contributed by atoms with E-state index < -0.39 is 0 Å². The summed E-state index contributed by atoms with van der Waals surface area (Å²) in [5, 5.41) is 7.62. The second-order valence-corrected chi connectivity index (χ2v) is 5.25. The lowest BCUT2D eigenvalue weighted by Crippen LogP contribution is -2.23. The Bertz CT molecular complexity index is 580. The lowest BCUT2D eigenvalue weighted by Gasteiger charge is -2.06. The van der Waals surface area contributed by atoms with Crippen molar-refractivity contribution in [3.05, 3.63) is 60.2 Å². The Morgan fingerprint density at radius 1 is 1.10 bits per heavy atom. The monoisotopic (exact) mass is 301 g/mol. The number of thioether (sulfide) groups is 1. The summed E-state index contributed by atoms with van der Waals surface area (Å²) in [5.74, 6) is 0. The van der Waals surface area contributed by atoms with E-state index in [2.05, 4.69) is 34.2 Å². The minimum atomic E-state index is 0.466. The van der Waals surface area contributed by atoms with Crippen LogP contribution < -0.4 is 10.7 Å². The Balaban J connectivity index is 1.84. The highest BCUT2D eigenvalue weighted by Crippen LogP contribution is 2.13. The molecule has 0 aliphatic rings. The fraction of sp³-hybridized carbons (Fsp3) is 0.0667. The molecule has 2 aromatic carbocycles. The van der Waals surface area contributed by atoms with Crippen LogP contribution in [0.2, 0.25) is 0 Å². The number of anilines is 1. The molecule has 20 heavy (non-hydrogen) atoms. The second kappa shape index (κ2) is 7.67. The highest BCUT2D eigenvalue weighted by atomic mass is 32.2. The highest BCUT2D eigenvalue weighted by molar-refractivity contribution is 7.98. The molecule has 0 unspecified atom stereocenters. The average Bonchev–Trinajstić information content (AvgIpc) is 2.49. The van der Waals surface area contributed by atoms with E-state index in [1.54, 1.807) is 18.0 Å². The van der Waals surface area contributed by atoms with Gasteiger partial charge < -0.3 is 5.32 Å². The van der Waals surface area contributed by atoms with Crippen molar-refractivity contribution in [2.45, 2.75) is 4.90 Å². The minimum absolute atomic E-state index is 0.466. The third-order valence-corrected chi connectivity index (χ3v) is 3.46. The third-order valence-electron chi connectivity index (χ3n) is 2.53. The van der Waals surface area contributed by atoms with Gasteiger partial charge in [-0.25, -0.2) is 0 Å². The molecule has 3 nitrogen and oxygen atoms in total. The number of thiocarbonyl (C=S) groups is 1. The van der Waals surface area contributed by atoms with Crippen molar-refractivity contribution < 1.29 is 0 Å². The van der Waals surface area contributed by atoms with Crippen molar-refractivity contribution in [1.29, 1.82) is 0 Å². The normalized spacial score (nSPS) is 10.4. The number of benzene rings is 2. The maximum Gasteiger partial charge on any atom is 0.191 e. The van der Waals surface area contributed by atoms with E-state index in [4.69, 9.17) is 12.2 Å². The van der Waals surface area contributed by atoms with Gasteiger partial charge in [-0.05, 0) is 48.3 Å². The van der Waals surface area contributed by atoms with E-state index in [0.29, 0.717) is 5.11 Å². The Hall–Kier alpha value is -1.85. The molecule has 0 bridgehead atoms. The van der Waals surface area contributed by atoms with Gasteiger partial charge in [0.15, 0.2) is 5.11 Å². The van der Waals surface area contributed by atoms with E-state index in [1.165, 1.54) is 4.90 Å². The van der Waals surface area contributed by atoms with Gasteiger partial charge in [0.1, 0.15) is 0 Å². The van der Waals surface area contributed by atoms with Crippen molar-refractivity contribution in [1.82, 2.24) is 5.43 Å². The lowest BCUT2D eigenvalue weighted by molar-refractivity contribution is 1.05. The zero-order valence-electron chi connectivity index (χ0n) is 11.0. The molecule has 0 amide bonds. The molecule has 0 saturated heterocycles. The first kappa shape index (κ1) is 14.6. The molecule has 0 aromatic heterocycles. The van der Waals surface area contributed by atoms with Crippen LogP contribution >= 0.6 is 24.0 Å². The van der Waals surface area contributed by atoms with Crippen LogP contribution in [-0.2, 0) is 0 Å². The molecule has 0 fully saturated rings. The lowest BCUT2D eigenvalue weighted by atomic mass is 10.2. The van der Waals surface area contributed by atoms with Crippen molar-refractivity contribution in [2.24, 2.45) is 5.10 Å². The first-order valence-electron chi connectivity index (χ1n) is 6.07. The van der Waals surface area contributed by atoms with Gasteiger partial charge in [0.2, 0.25) is 0 Å². The summed E-state index contributed by atoms with van der Waals surface area (Å²) in [6.45, 7) is 0. The quantitative estimate of drug-likeness (QED) is 0.390. The number of nitrogens with one attached hydrogen (secondary N) is 2. The minimum Gasteiger partial charge on any atom is -0.331 e. The molecular formula is C15H15N3S2. The van der Waals surface area contributed by atoms with Gasteiger partial charge >= 0.3 is 0 Å². The average molecular weight is 301 g/mol. The molecule has 2 aromatic rings. The van der Waals surface area contributed by atoms with Crippen molar-refractivity contribution in [3.8, 4) is 0 Å². The number of hydrazone groups is 1. The van der Waals surface area contributed by atoms with Gasteiger partial charge in [-0.2, -0.15) is 5.10 Å². The van der Waals surface area contributed by atoms with E-state index >= 15 is 0 Å². The van der Waals surface area contributed by atoms with Gasteiger partial charge in [0.05, 0.1) is 6.21 Å². The summed E-state index contributed by atoms with van der Waals surface area (Å²) in [6.07, 6.45) is 3.79. The Morgan fingerprint density at radius 3 is 2.45 bits per heavy atom. The zero-order valence-corrected chi connectivity index (χ0v) is 12.7. The Kier molecular flexibility index (Phi) is 5.58. The first-order valence-corrected chi connectivity index (χ1v) is 7.70. The van der Waals surface area contributed by atoms with Gasteiger partial charge in [0.25, 0.3) is 0 Å². The summed E-state index contributed by atoms with van der Waals surface area (Å²) < 4.78 is 0. The predicted octanol–water partition coefficient (Wildman–Crippen LogP) is 3.73. The second-order valence-electron chi connectivity index (χ2n) is 3.96. The van der Waals surface area contributed by atoms with Crippen molar-refractivity contribution in [3.63, 3.8) is 0 Å². The van der Waals surface area contributed by atoms with Crippen LogP contribution in [0.5, 0.6) is 0 Å². The SMILES string of the molecule is CSc1ccc(/C=N/NC(=S)Nc2ccccc2)cc1. The summed E-state index contributed by atoms with van der Waals surface area (Å²) in [5.41, 5.74) is 4.75. The standard InChI is InChI=1S/C15H15N3S2/c1-20-14-9-7-12(8-10-14)11-16-18-15(19)17-13-5-3-2-4-6-13/h2-11H,1H3,(H2,17,18,19)/b16-11+. The van der Waals surface area contributed by atoms with E-state index in [-0.39, 0.29) is 0 Å². The molecule has 102 valence electrons. The molecule has 0 aliphatic heterocycles. The number of hydrogen-bond acceptors (Lipinski definition) is 3. The van der Waals surface area contributed by atoms with Gasteiger partial charge in [-0.15, -0.1) is 11.8 Å². The number of para-hydroxylation sites is 1. The summed E-state index contributed by atoms with van der Waals surface area (Å²) in [4.78, 5) is 1.23. The molecule has 2 rings (SSSR count). The third kappa shape index (κ3) is 4.68. The topological polar surface area (TPSA) is 36.4 Å². The molecule has 5 heteroatoms. The molecule has 0 saturated carbocycles. The van der Waals surface area contributed by atoms with Gasteiger partial charge in [-0.3, -0.25) is 5.43 Å². The highest BCUT2D eigenvalue weighted by Gasteiger charge is 1.94. The Labute approximate surface area is 128 Å². The molecule has 0 aliphatic carbocycles. The summed E-state index contributed by atoms with van der Waals surface area (Å²) in [6, 6.07) is 17.9.